The minimum Gasteiger partial charge on any atom is -0.466 e. The van der Waals surface area contributed by atoms with E-state index in [9.17, 15) is 14.4 Å². The van der Waals surface area contributed by atoms with E-state index >= 15 is 0 Å². The molecular weight excluding hydrogens is 590 g/mol. The lowest BCUT2D eigenvalue weighted by molar-refractivity contribution is -0.142. The number of nitrogens with zero attached hydrogens (tertiary/aromatic N) is 5. The summed E-state index contributed by atoms with van der Waals surface area (Å²) in [4.78, 5) is 48.6. The summed E-state index contributed by atoms with van der Waals surface area (Å²) < 4.78 is 17.6. The molecular formula is C33H37N7O6. The Bertz CT molecular complexity index is 1830. The Morgan fingerprint density at radius 3 is 2.67 bits per heavy atom. The van der Waals surface area contributed by atoms with Gasteiger partial charge in [0.25, 0.3) is 5.91 Å². The normalized spacial score (nSPS) is 11.7. The Morgan fingerprint density at radius 2 is 1.91 bits per heavy atom. The summed E-state index contributed by atoms with van der Waals surface area (Å²) in [5, 5.41) is 10.7. The van der Waals surface area contributed by atoms with Gasteiger partial charge in [0, 0.05) is 31.0 Å². The zero-order valence-corrected chi connectivity index (χ0v) is 26.3. The van der Waals surface area contributed by atoms with Gasteiger partial charge >= 0.3 is 12.1 Å². The highest BCUT2D eigenvalue weighted by atomic mass is 16.5. The maximum atomic E-state index is 13.7. The molecule has 0 aliphatic carbocycles. The van der Waals surface area contributed by atoms with E-state index in [0.717, 1.165) is 29.9 Å². The first-order chi connectivity index (χ1) is 22.3. The number of aryl methyl sites for hydroxylation is 1. The van der Waals surface area contributed by atoms with Gasteiger partial charge < -0.3 is 23.9 Å². The lowest BCUT2D eigenvalue weighted by atomic mass is 10.1. The van der Waals surface area contributed by atoms with Crippen molar-refractivity contribution in [1.29, 1.82) is 0 Å². The first kappa shape index (κ1) is 31.9. The van der Waals surface area contributed by atoms with Crippen molar-refractivity contribution in [3.05, 3.63) is 72.2 Å². The van der Waals surface area contributed by atoms with Crippen LogP contribution in [0.1, 0.15) is 62.3 Å². The highest BCUT2D eigenvalue weighted by Crippen LogP contribution is 2.29. The number of hydrogen-bond donors (Lipinski definition) is 2. The molecule has 2 amide bonds. The SMILES string of the molecule is CCCCOC(=O)Nc1noc2ccc(NC(C)c3nc4cc(C(=O)N(CCC(=O)OCC)c5ccccn5)ccc4n3C)cc12. The molecule has 0 aliphatic rings. The van der Waals surface area contributed by atoms with Crippen LogP contribution >= 0.6 is 0 Å². The van der Waals surface area contributed by atoms with E-state index in [2.05, 4.69) is 20.8 Å². The number of benzene rings is 2. The number of esters is 1. The second kappa shape index (κ2) is 14.5. The van der Waals surface area contributed by atoms with Gasteiger partial charge in [-0.3, -0.25) is 19.8 Å². The first-order valence-electron chi connectivity index (χ1n) is 15.2. The summed E-state index contributed by atoms with van der Waals surface area (Å²) in [5.41, 5.74) is 3.19. The van der Waals surface area contributed by atoms with Gasteiger partial charge in [-0.15, -0.1) is 0 Å². The van der Waals surface area contributed by atoms with Crippen molar-refractivity contribution in [1.82, 2.24) is 19.7 Å². The smallest absolute Gasteiger partial charge is 0.412 e. The number of carbonyl (C=O) groups excluding carboxylic acids is 3. The van der Waals surface area contributed by atoms with Gasteiger partial charge in [0.1, 0.15) is 11.6 Å². The van der Waals surface area contributed by atoms with Crippen LogP contribution in [0.15, 0.2) is 65.3 Å². The summed E-state index contributed by atoms with van der Waals surface area (Å²) in [6.45, 7) is 6.46. The maximum Gasteiger partial charge on any atom is 0.412 e. The molecule has 0 aliphatic heterocycles. The molecule has 5 aromatic rings. The summed E-state index contributed by atoms with van der Waals surface area (Å²) in [6.07, 6.45) is 2.75. The number of hydrogen-bond acceptors (Lipinski definition) is 10. The average Bonchev–Trinajstić information content (AvgIpc) is 3.61. The van der Waals surface area contributed by atoms with E-state index in [0.29, 0.717) is 34.5 Å². The summed E-state index contributed by atoms with van der Waals surface area (Å²) >= 11 is 0. The lowest BCUT2D eigenvalue weighted by Gasteiger charge is -2.21. The Balaban J connectivity index is 1.34. The highest BCUT2D eigenvalue weighted by Gasteiger charge is 2.23. The molecule has 3 heterocycles. The van der Waals surface area contributed by atoms with Crippen LogP contribution in [-0.4, -0.2) is 57.4 Å². The van der Waals surface area contributed by atoms with Gasteiger partial charge in [-0.05, 0) is 68.8 Å². The summed E-state index contributed by atoms with van der Waals surface area (Å²) in [5.74, 6) is 0.765. The number of amides is 2. The van der Waals surface area contributed by atoms with Crippen molar-refractivity contribution in [3.63, 3.8) is 0 Å². The number of ether oxygens (including phenoxy) is 2. The second-order valence-electron chi connectivity index (χ2n) is 10.7. The van der Waals surface area contributed by atoms with Crippen LogP contribution in [0.3, 0.4) is 0 Å². The zero-order valence-electron chi connectivity index (χ0n) is 26.3. The lowest BCUT2D eigenvalue weighted by Crippen LogP contribution is -2.34. The molecule has 240 valence electrons. The number of unbranched alkanes of at least 4 members (excludes halogenated alkanes) is 1. The van der Waals surface area contributed by atoms with Gasteiger partial charge in [-0.1, -0.05) is 24.6 Å². The van der Waals surface area contributed by atoms with Crippen molar-refractivity contribution in [2.24, 2.45) is 7.05 Å². The fourth-order valence-electron chi connectivity index (χ4n) is 5.04. The predicted molar refractivity (Wildman–Crippen MR) is 174 cm³/mol. The Kier molecular flexibility index (Phi) is 10.1. The Labute approximate surface area is 265 Å². The molecule has 13 heteroatoms. The maximum absolute atomic E-state index is 13.7. The third kappa shape index (κ3) is 7.25. The van der Waals surface area contributed by atoms with Crippen LogP contribution in [-0.2, 0) is 21.3 Å². The van der Waals surface area contributed by atoms with Gasteiger partial charge in [-0.25, -0.2) is 14.8 Å². The van der Waals surface area contributed by atoms with Gasteiger partial charge in [0.2, 0.25) is 0 Å². The summed E-state index contributed by atoms with van der Waals surface area (Å²) in [7, 11) is 1.92. The third-order valence-electron chi connectivity index (χ3n) is 7.37. The van der Waals surface area contributed by atoms with Crippen LogP contribution in [0.5, 0.6) is 0 Å². The van der Waals surface area contributed by atoms with Crippen LogP contribution in [0.4, 0.5) is 22.1 Å². The topological polar surface area (TPSA) is 154 Å². The average molecular weight is 628 g/mol. The fourth-order valence-corrected chi connectivity index (χ4v) is 5.04. The van der Waals surface area contributed by atoms with Crippen LogP contribution in [0, 0.1) is 0 Å². The largest absolute Gasteiger partial charge is 0.466 e. The molecule has 1 atom stereocenters. The second-order valence-corrected chi connectivity index (χ2v) is 10.7. The van der Waals surface area contributed by atoms with Crippen LogP contribution in [0.2, 0.25) is 0 Å². The Hall–Kier alpha value is -5.46. The van der Waals surface area contributed by atoms with Crippen LogP contribution < -0.4 is 15.5 Å². The number of imidazole rings is 1. The molecule has 0 bridgehead atoms. The molecule has 0 spiro atoms. The molecule has 2 N–H and O–H groups in total. The number of fused-ring (bicyclic) bond motifs is 2. The van der Waals surface area contributed by atoms with E-state index in [1.165, 1.54) is 4.90 Å². The quantitative estimate of drug-likeness (QED) is 0.113. The Morgan fingerprint density at radius 1 is 1.07 bits per heavy atom. The summed E-state index contributed by atoms with van der Waals surface area (Å²) in [6, 6.07) is 15.9. The highest BCUT2D eigenvalue weighted by molar-refractivity contribution is 6.07. The third-order valence-corrected chi connectivity index (χ3v) is 7.37. The minimum absolute atomic E-state index is 0.0383. The number of carbonyl (C=O) groups is 3. The van der Waals surface area contributed by atoms with Crippen molar-refractivity contribution in [3.8, 4) is 0 Å². The number of anilines is 3. The number of aromatic nitrogens is 4. The number of pyridine rings is 1. The zero-order chi connectivity index (χ0) is 32.6. The van der Waals surface area contributed by atoms with Crippen LogP contribution in [0.25, 0.3) is 22.0 Å². The van der Waals surface area contributed by atoms with Gasteiger partial charge in [0.15, 0.2) is 11.4 Å². The molecule has 5 rings (SSSR count). The number of nitrogens with one attached hydrogen (secondary N) is 2. The molecule has 2 aromatic carbocycles. The van der Waals surface area contributed by atoms with E-state index < -0.39 is 6.09 Å². The molecule has 13 nitrogen and oxygen atoms in total. The minimum atomic E-state index is -0.588. The molecule has 0 radical (unpaired) electrons. The molecule has 0 saturated carbocycles. The first-order valence-corrected chi connectivity index (χ1v) is 15.2. The number of rotatable bonds is 13. The standard InChI is InChI=1S/C33H37N7O6/c1-5-7-18-45-33(43)37-30-24-20-23(12-14-27(24)46-38-30)35-21(3)31-36-25-19-22(11-13-26(25)39(31)4)32(42)40(17-15-29(41)44-6-2)28-10-8-9-16-34-28/h8-14,16,19-21,35H,5-7,15,17-18H2,1-4H3,(H,37,38,43). The molecule has 0 fully saturated rings. The predicted octanol–water partition coefficient (Wildman–Crippen LogP) is 6.23. The molecule has 46 heavy (non-hydrogen) atoms. The van der Waals surface area contributed by atoms with E-state index in [4.69, 9.17) is 19.0 Å². The van der Waals surface area contributed by atoms with E-state index in [1.807, 2.05) is 43.7 Å². The van der Waals surface area contributed by atoms with Crippen molar-refractivity contribution in [2.45, 2.75) is 46.1 Å². The monoisotopic (exact) mass is 627 g/mol. The van der Waals surface area contributed by atoms with Gasteiger partial charge in [0.05, 0.1) is 42.1 Å². The van der Waals surface area contributed by atoms with E-state index in [-0.39, 0.29) is 43.3 Å². The molecule has 3 aromatic heterocycles. The van der Waals surface area contributed by atoms with Crippen molar-refractivity contribution < 1.29 is 28.4 Å². The van der Waals surface area contributed by atoms with Crippen molar-refractivity contribution >= 4 is 57.3 Å². The van der Waals surface area contributed by atoms with Crippen molar-refractivity contribution in [2.75, 3.05) is 35.3 Å². The van der Waals surface area contributed by atoms with Gasteiger partial charge in [-0.2, -0.15) is 0 Å². The molecule has 1 unspecified atom stereocenters. The molecule has 0 saturated heterocycles. The van der Waals surface area contributed by atoms with E-state index in [1.54, 1.807) is 49.5 Å². The fraction of sp³-hybridized carbons (Fsp3) is 0.333.